The maximum absolute atomic E-state index is 11.6. The molecule has 0 fully saturated rings. The lowest BCUT2D eigenvalue weighted by molar-refractivity contribution is 0.0692. The van der Waals surface area contributed by atoms with Crippen LogP contribution >= 0.6 is 0 Å². The molecule has 0 saturated heterocycles. The number of carbonyl (C=O) groups is 1. The molecule has 4 heteroatoms. The molecule has 29 heavy (non-hydrogen) atoms. The van der Waals surface area contributed by atoms with Crippen LogP contribution in [0.1, 0.15) is 102 Å². The topological polar surface area (TPSA) is 66.8 Å². The predicted octanol–water partition coefficient (Wildman–Crippen LogP) is 7.40. The van der Waals surface area contributed by atoms with E-state index in [1.165, 1.54) is 6.42 Å². The van der Waals surface area contributed by atoms with Crippen LogP contribution in [0.4, 0.5) is 0 Å². The number of ether oxygens (including phenoxy) is 1. The van der Waals surface area contributed by atoms with Gasteiger partial charge in [0, 0.05) is 0 Å². The van der Waals surface area contributed by atoms with Gasteiger partial charge in [0.25, 0.3) is 0 Å². The third-order valence-electron chi connectivity index (χ3n) is 4.44. The first-order chi connectivity index (χ1) is 13.8. The van der Waals surface area contributed by atoms with E-state index in [4.69, 9.17) is 4.74 Å². The molecule has 0 spiro atoms. The summed E-state index contributed by atoms with van der Waals surface area (Å²) in [6, 6.07) is 1.78. The lowest BCUT2D eigenvalue weighted by atomic mass is 9.91. The molecule has 1 aromatic rings. The summed E-state index contributed by atoms with van der Waals surface area (Å²) in [5.41, 5.74) is 0.600. The van der Waals surface area contributed by atoms with Gasteiger partial charge in [0.2, 0.25) is 0 Å². The van der Waals surface area contributed by atoms with Crippen LogP contribution in [-0.2, 0) is 6.42 Å². The van der Waals surface area contributed by atoms with Crippen LogP contribution in [0, 0.1) is 0 Å². The monoisotopic (exact) mass is 404 g/mol. The molecule has 2 rings (SSSR count). The highest BCUT2D eigenvalue weighted by Crippen LogP contribution is 2.42. The fourth-order valence-corrected chi connectivity index (χ4v) is 3.03. The Bertz CT molecular complexity index is 676. The van der Waals surface area contributed by atoms with Crippen molar-refractivity contribution in [3.8, 4) is 11.5 Å². The number of aromatic carboxylic acids is 1. The van der Waals surface area contributed by atoms with E-state index in [-0.39, 0.29) is 11.3 Å². The van der Waals surface area contributed by atoms with Crippen LogP contribution < -0.4 is 4.74 Å². The summed E-state index contributed by atoms with van der Waals surface area (Å²) in [7, 11) is 0. The molecule has 0 bridgehead atoms. The first kappa shape index (κ1) is 26.8. The lowest BCUT2D eigenvalue weighted by Crippen LogP contribution is -2.32. The SMILES string of the molecule is C=CCCC1(C)C=Cc2c(cc(CCCCC)c(C(=O)O)c2O)O1.CC.CCC. The maximum atomic E-state index is 11.6. The standard InChI is InChI=1S/C20H26O4.C3H8.C2H6/c1-4-6-8-9-14-13-16-15(18(21)17(14)19(22)23)10-12-20(3,24-16)11-7-5-2;1-3-2;1-2/h5,10,12-13,21H,2,4,6-9,11H2,1,3H3,(H,22,23);3H2,1-2H3;1-2H3. The van der Waals surface area contributed by atoms with Crippen molar-refractivity contribution in [2.75, 3.05) is 0 Å². The van der Waals surface area contributed by atoms with Crippen LogP contribution in [-0.4, -0.2) is 21.8 Å². The molecule has 1 aliphatic rings. The number of fused-ring (bicyclic) bond motifs is 1. The summed E-state index contributed by atoms with van der Waals surface area (Å²) < 4.78 is 6.10. The van der Waals surface area contributed by atoms with E-state index < -0.39 is 11.6 Å². The first-order valence-corrected chi connectivity index (χ1v) is 10.9. The lowest BCUT2D eigenvalue weighted by Gasteiger charge is -2.32. The maximum Gasteiger partial charge on any atom is 0.339 e. The molecule has 0 saturated carbocycles. The molecule has 1 aliphatic heterocycles. The zero-order valence-corrected chi connectivity index (χ0v) is 19.2. The molecule has 1 atom stereocenters. The van der Waals surface area contributed by atoms with Crippen LogP contribution in [0.2, 0.25) is 0 Å². The van der Waals surface area contributed by atoms with Gasteiger partial charge >= 0.3 is 5.97 Å². The van der Waals surface area contributed by atoms with Gasteiger partial charge in [0.1, 0.15) is 22.7 Å². The summed E-state index contributed by atoms with van der Waals surface area (Å²) in [6.07, 6.45) is 11.9. The average Bonchev–Trinajstić information content (AvgIpc) is 2.68. The summed E-state index contributed by atoms with van der Waals surface area (Å²) >= 11 is 0. The van der Waals surface area contributed by atoms with E-state index in [2.05, 4.69) is 27.4 Å². The van der Waals surface area contributed by atoms with Crippen molar-refractivity contribution in [1.29, 1.82) is 0 Å². The van der Waals surface area contributed by atoms with Crippen molar-refractivity contribution in [2.45, 2.75) is 92.1 Å². The van der Waals surface area contributed by atoms with Crippen molar-refractivity contribution in [3.05, 3.63) is 41.5 Å². The minimum absolute atomic E-state index is 0.00667. The van der Waals surface area contributed by atoms with Gasteiger partial charge in [0.15, 0.2) is 0 Å². The van der Waals surface area contributed by atoms with Crippen LogP contribution in [0.25, 0.3) is 6.08 Å². The molecule has 1 aromatic carbocycles. The van der Waals surface area contributed by atoms with Gasteiger partial charge in [-0.05, 0) is 56.4 Å². The molecule has 1 heterocycles. The zero-order valence-electron chi connectivity index (χ0n) is 19.2. The van der Waals surface area contributed by atoms with Gasteiger partial charge in [-0.2, -0.15) is 0 Å². The fraction of sp³-hybridized carbons (Fsp3) is 0.560. The summed E-state index contributed by atoms with van der Waals surface area (Å²) in [5, 5.41) is 19.9. The first-order valence-electron chi connectivity index (χ1n) is 10.9. The Hall–Kier alpha value is -2.23. The number of carboxylic acid groups (broad SMARTS) is 1. The minimum Gasteiger partial charge on any atom is -0.506 e. The molecule has 0 aliphatic carbocycles. The quantitative estimate of drug-likeness (QED) is 0.350. The highest BCUT2D eigenvalue weighted by atomic mass is 16.5. The Kier molecular flexibility index (Phi) is 12.8. The molecule has 2 N–H and O–H groups in total. The van der Waals surface area contributed by atoms with Crippen molar-refractivity contribution in [3.63, 3.8) is 0 Å². The Morgan fingerprint density at radius 3 is 2.38 bits per heavy atom. The van der Waals surface area contributed by atoms with Crippen LogP contribution in [0.5, 0.6) is 11.5 Å². The zero-order chi connectivity index (χ0) is 22.4. The van der Waals surface area contributed by atoms with E-state index >= 15 is 0 Å². The molecule has 1 unspecified atom stereocenters. The highest BCUT2D eigenvalue weighted by Gasteiger charge is 2.30. The summed E-state index contributed by atoms with van der Waals surface area (Å²) in [6.45, 7) is 16.1. The van der Waals surface area contributed by atoms with Gasteiger partial charge in [-0.3, -0.25) is 0 Å². The normalized spacial score (nSPS) is 16.3. The molecule has 0 amide bonds. The van der Waals surface area contributed by atoms with E-state index in [0.717, 1.165) is 32.1 Å². The predicted molar refractivity (Wildman–Crippen MR) is 123 cm³/mol. The summed E-state index contributed by atoms with van der Waals surface area (Å²) in [4.78, 5) is 11.6. The minimum atomic E-state index is -1.10. The smallest absolute Gasteiger partial charge is 0.339 e. The van der Waals surface area contributed by atoms with E-state index in [1.54, 1.807) is 12.1 Å². The Labute approximate surface area is 177 Å². The van der Waals surface area contributed by atoms with Crippen LogP contribution in [0.3, 0.4) is 0 Å². The van der Waals surface area contributed by atoms with Gasteiger partial charge < -0.3 is 14.9 Å². The second kappa shape index (κ2) is 13.9. The van der Waals surface area contributed by atoms with E-state index in [1.807, 2.05) is 32.9 Å². The number of benzene rings is 1. The molecule has 4 nitrogen and oxygen atoms in total. The number of phenols is 1. The second-order valence-corrected chi connectivity index (χ2v) is 7.22. The third kappa shape index (κ3) is 7.96. The number of aryl methyl sites for hydroxylation is 1. The van der Waals surface area contributed by atoms with Gasteiger partial charge in [-0.15, -0.1) is 6.58 Å². The van der Waals surface area contributed by atoms with Crippen molar-refractivity contribution in [1.82, 2.24) is 0 Å². The number of unbranched alkanes of at least 4 members (excludes halogenated alkanes) is 2. The van der Waals surface area contributed by atoms with Crippen molar-refractivity contribution < 1.29 is 19.7 Å². The number of hydrogen-bond donors (Lipinski definition) is 2. The average molecular weight is 405 g/mol. The number of carboxylic acids is 1. The molecular weight excluding hydrogens is 364 g/mol. The molecular formula is C25H40O4. The van der Waals surface area contributed by atoms with Gasteiger partial charge in [-0.25, -0.2) is 4.79 Å². The van der Waals surface area contributed by atoms with Crippen LogP contribution in [0.15, 0.2) is 24.8 Å². The number of hydrogen-bond acceptors (Lipinski definition) is 3. The largest absolute Gasteiger partial charge is 0.506 e. The Morgan fingerprint density at radius 2 is 1.86 bits per heavy atom. The van der Waals surface area contributed by atoms with Gasteiger partial charge in [-0.1, -0.05) is 60.0 Å². The fourth-order valence-electron chi connectivity index (χ4n) is 3.03. The van der Waals surface area contributed by atoms with E-state index in [0.29, 0.717) is 23.3 Å². The van der Waals surface area contributed by atoms with Gasteiger partial charge in [0.05, 0.1) is 5.56 Å². The number of allylic oxidation sites excluding steroid dienone is 1. The highest BCUT2D eigenvalue weighted by molar-refractivity contribution is 5.95. The molecule has 0 radical (unpaired) electrons. The third-order valence-corrected chi connectivity index (χ3v) is 4.44. The second-order valence-electron chi connectivity index (χ2n) is 7.22. The van der Waals surface area contributed by atoms with Crippen molar-refractivity contribution in [2.24, 2.45) is 0 Å². The molecule has 164 valence electrons. The summed E-state index contributed by atoms with van der Waals surface area (Å²) in [5.74, 6) is -0.748. The number of rotatable bonds is 8. The molecule has 0 aromatic heterocycles. The Balaban J connectivity index is 0.00000143. The Morgan fingerprint density at radius 1 is 1.24 bits per heavy atom. The van der Waals surface area contributed by atoms with Crippen molar-refractivity contribution >= 4 is 12.0 Å². The number of aromatic hydroxyl groups is 1. The van der Waals surface area contributed by atoms with E-state index in [9.17, 15) is 15.0 Å².